The molecule has 0 spiro atoms. The second-order valence-electron chi connectivity index (χ2n) is 7.46. The molecule has 0 fully saturated rings. The molecule has 1 aromatic carbocycles. The van der Waals surface area contributed by atoms with E-state index in [2.05, 4.69) is 33.0 Å². The fraction of sp³-hybridized carbons (Fsp3) is 0.636. The molecule has 2 amide bonds. The maximum absolute atomic E-state index is 13.2. The Morgan fingerprint density at radius 1 is 1.11 bits per heavy atom. The van der Waals surface area contributed by atoms with Crippen molar-refractivity contribution in [3.63, 3.8) is 0 Å². The van der Waals surface area contributed by atoms with Gasteiger partial charge in [0.05, 0.1) is 0 Å². The summed E-state index contributed by atoms with van der Waals surface area (Å²) in [6.07, 6.45) is 2.58. The first-order valence-electron chi connectivity index (χ1n) is 10.2. The number of nitrogens with zero attached hydrogens (tertiary/aromatic N) is 2. The van der Waals surface area contributed by atoms with Crippen LogP contribution in [0, 0.1) is 5.92 Å². The average molecular weight is 392 g/mol. The molecule has 0 bridgehead atoms. The zero-order valence-electron chi connectivity index (χ0n) is 18.5. The van der Waals surface area contributed by atoms with Gasteiger partial charge in [0, 0.05) is 51.1 Å². The highest BCUT2D eigenvalue weighted by atomic mass is 16.5. The Morgan fingerprint density at radius 3 is 2.25 bits per heavy atom. The van der Waals surface area contributed by atoms with E-state index in [1.54, 1.807) is 0 Å². The van der Waals surface area contributed by atoms with Crippen molar-refractivity contribution in [1.29, 1.82) is 0 Å². The van der Waals surface area contributed by atoms with Gasteiger partial charge in [0.25, 0.3) is 0 Å². The van der Waals surface area contributed by atoms with Crippen LogP contribution in [-0.4, -0.2) is 50.6 Å². The molecule has 0 aliphatic carbocycles. The Hall–Kier alpha value is -2.08. The van der Waals surface area contributed by atoms with E-state index in [0.717, 1.165) is 30.5 Å². The molecule has 1 aromatic rings. The fourth-order valence-corrected chi connectivity index (χ4v) is 3.28. The molecule has 0 unspecified atom stereocenters. The monoisotopic (exact) mass is 391 g/mol. The molecule has 0 aliphatic heterocycles. The Labute approximate surface area is 170 Å². The van der Waals surface area contributed by atoms with Crippen molar-refractivity contribution in [2.75, 3.05) is 38.0 Å². The minimum absolute atomic E-state index is 0.0108. The molecular weight excluding hydrogens is 354 g/mol. The minimum Gasteiger partial charge on any atom is -0.377 e. The van der Waals surface area contributed by atoms with Crippen molar-refractivity contribution in [1.82, 2.24) is 4.90 Å². The first kappa shape index (κ1) is 24.0. The number of hydrogen-bond acceptors (Lipinski definition) is 4. The normalized spacial score (nSPS) is 12.0. The van der Waals surface area contributed by atoms with E-state index in [1.807, 2.05) is 42.1 Å². The Bertz CT molecular complexity index is 642. The van der Waals surface area contributed by atoms with Crippen LogP contribution in [0.5, 0.6) is 0 Å². The van der Waals surface area contributed by atoms with Gasteiger partial charge in [-0.3, -0.25) is 9.59 Å². The van der Waals surface area contributed by atoms with Crippen LogP contribution in [0.15, 0.2) is 18.2 Å². The molecule has 1 N–H and O–H groups in total. The number of carbonyl (C=O) groups excluding carboxylic acids is 2. The van der Waals surface area contributed by atoms with E-state index in [4.69, 9.17) is 4.74 Å². The summed E-state index contributed by atoms with van der Waals surface area (Å²) in [4.78, 5) is 29.1. The molecular formula is C22H37N3O3. The Balaban J connectivity index is 3.23. The van der Waals surface area contributed by atoms with Crippen LogP contribution in [0.3, 0.4) is 0 Å². The molecule has 0 aliphatic rings. The zero-order valence-corrected chi connectivity index (χ0v) is 18.5. The lowest BCUT2D eigenvalue weighted by Gasteiger charge is -2.33. The highest BCUT2D eigenvalue weighted by Gasteiger charge is 2.26. The topological polar surface area (TPSA) is 61.9 Å². The van der Waals surface area contributed by atoms with Gasteiger partial charge < -0.3 is 19.9 Å². The predicted molar refractivity (Wildman–Crippen MR) is 116 cm³/mol. The zero-order chi connectivity index (χ0) is 21.3. The lowest BCUT2D eigenvalue weighted by molar-refractivity contribution is -0.138. The highest BCUT2D eigenvalue weighted by molar-refractivity contribution is 5.92. The third-order valence-electron chi connectivity index (χ3n) is 5.20. The van der Waals surface area contributed by atoms with E-state index in [9.17, 15) is 9.59 Å². The Kier molecular flexibility index (Phi) is 10.0. The van der Waals surface area contributed by atoms with Gasteiger partial charge in [0.15, 0.2) is 0 Å². The van der Waals surface area contributed by atoms with Crippen molar-refractivity contribution >= 4 is 23.2 Å². The third kappa shape index (κ3) is 6.51. The van der Waals surface area contributed by atoms with Crippen LogP contribution in [0.2, 0.25) is 0 Å². The van der Waals surface area contributed by atoms with Gasteiger partial charge in [-0.25, -0.2) is 0 Å². The van der Waals surface area contributed by atoms with Crippen LogP contribution in [0.25, 0.3) is 0 Å². The van der Waals surface area contributed by atoms with E-state index in [1.165, 1.54) is 7.11 Å². The van der Waals surface area contributed by atoms with Gasteiger partial charge in [-0.05, 0) is 49.9 Å². The number of methoxy groups -OCH3 is 1. The van der Waals surface area contributed by atoms with E-state index >= 15 is 0 Å². The summed E-state index contributed by atoms with van der Waals surface area (Å²) in [5.41, 5.74) is 2.76. The molecule has 0 aromatic heterocycles. The molecule has 1 atom stereocenters. The van der Waals surface area contributed by atoms with Crippen LogP contribution in [0.4, 0.5) is 11.4 Å². The number of ether oxygens (including phenoxy) is 1. The van der Waals surface area contributed by atoms with Gasteiger partial charge in [0.2, 0.25) is 11.8 Å². The van der Waals surface area contributed by atoms with Gasteiger partial charge >= 0.3 is 0 Å². The molecule has 158 valence electrons. The fourth-order valence-electron chi connectivity index (χ4n) is 3.28. The maximum atomic E-state index is 13.2. The van der Waals surface area contributed by atoms with Crippen molar-refractivity contribution in [2.45, 2.75) is 59.5 Å². The van der Waals surface area contributed by atoms with Crippen LogP contribution in [0.1, 0.15) is 52.5 Å². The summed E-state index contributed by atoms with van der Waals surface area (Å²) < 4.78 is 4.89. The second-order valence-corrected chi connectivity index (χ2v) is 7.46. The van der Waals surface area contributed by atoms with Gasteiger partial charge in [-0.15, -0.1) is 0 Å². The van der Waals surface area contributed by atoms with Gasteiger partial charge in [-0.1, -0.05) is 20.8 Å². The average Bonchev–Trinajstić information content (AvgIpc) is 2.66. The number of carbonyl (C=O) groups is 2. The van der Waals surface area contributed by atoms with E-state index in [-0.39, 0.29) is 30.4 Å². The quantitative estimate of drug-likeness (QED) is 0.621. The molecule has 6 nitrogen and oxygen atoms in total. The molecule has 0 saturated heterocycles. The molecule has 0 radical (unpaired) electrons. The first-order valence-corrected chi connectivity index (χ1v) is 10.2. The standard InChI is InChI=1S/C22H37N3O3/c1-8-16(4)25(22(27)17(9-2)10-3)14-18-13-19(23-21(26)15-28-7)11-12-20(18)24(5)6/h11-13,16-17H,8-10,14-15H2,1-7H3,(H,23,26)/t16-/m0/s1. The lowest BCUT2D eigenvalue weighted by atomic mass is 9.99. The van der Waals surface area contributed by atoms with Crippen LogP contribution in [-0.2, 0) is 20.9 Å². The van der Waals surface area contributed by atoms with Crippen molar-refractivity contribution < 1.29 is 14.3 Å². The van der Waals surface area contributed by atoms with Gasteiger partial charge in [-0.2, -0.15) is 0 Å². The summed E-state index contributed by atoms with van der Waals surface area (Å²) >= 11 is 0. The summed E-state index contributed by atoms with van der Waals surface area (Å²) in [5.74, 6) is 0.0530. The molecule has 6 heteroatoms. The molecule has 0 saturated carbocycles. The third-order valence-corrected chi connectivity index (χ3v) is 5.20. The van der Waals surface area contributed by atoms with Crippen molar-refractivity contribution in [2.24, 2.45) is 5.92 Å². The first-order chi connectivity index (χ1) is 13.3. The Morgan fingerprint density at radius 2 is 1.75 bits per heavy atom. The lowest BCUT2D eigenvalue weighted by Crippen LogP contribution is -2.41. The second kappa shape index (κ2) is 11.7. The molecule has 28 heavy (non-hydrogen) atoms. The largest absolute Gasteiger partial charge is 0.377 e. The van der Waals surface area contributed by atoms with Crippen molar-refractivity contribution in [3.8, 4) is 0 Å². The number of amides is 2. The molecule has 1 rings (SSSR count). The smallest absolute Gasteiger partial charge is 0.250 e. The summed E-state index contributed by atoms with van der Waals surface area (Å²) in [6, 6.07) is 5.96. The van der Waals surface area contributed by atoms with Gasteiger partial charge in [0.1, 0.15) is 6.61 Å². The highest BCUT2D eigenvalue weighted by Crippen LogP contribution is 2.27. The summed E-state index contributed by atoms with van der Waals surface area (Å²) in [5, 5.41) is 2.85. The number of hydrogen-bond donors (Lipinski definition) is 1. The van der Waals surface area contributed by atoms with Crippen molar-refractivity contribution in [3.05, 3.63) is 23.8 Å². The number of anilines is 2. The van der Waals surface area contributed by atoms with E-state index < -0.39 is 0 Å². The maximum Gasteiger partial charge on any atom is 0.250 e. The summed E-state index contributed by atoms with van der Waals surface area (Å²) in [6.45, 7) is 8.87. The minimum atomic E-state index is -0.196. The SMILES string of the molecule is CCC(CC)C(=O)N(Cc1cc(NC(=O)COC)ccc1N(C)C)[C@@H](C)CC. The van der Waals surface area contributed by atoms with Crippen LogP contribution < -0.4 is 10.2 Å². The van der Waals surface area contributed by atoms with Crippen LogP contribution >= 0.6 is 0 Å². The van der Waals surface area contributed by atoms with E-state index in [0.29, 0.717) is 12.2 Å². The predicted octanol–water partition coefficient (Wildman–Crippen LogP) is 3.90. The number of nitrogens with one attached hydrogen (secondary N) is 1. The molecule has 0 heterocycles. The number of benzene rings is 1. The number of rotatable bonds is 11. The summed E-state index contributed by atoms with van der Waals surface area (Å²) in [7, 11) is 5.46.